The highest BCUT2D eigenvalue weighted by atomic mass is 19.1. The van der Waals surface area contributed by atoms with Crippen LogP contribution >= 0.6 is 0 Å². The summed E-state index contributed by atoms with van der Waals surface area (Å²) in [5.41, 5.74) is -1.15. The topological polar surface area (TPSA) is 66.7 Å². The van der Waals surface area contributed by atoms with E-state index in [2.05, 4.69) is 0 Å². The third-order valence-corrected chi connectivity index (χ3v) is 4.23. The van der Waals surface area contributed by atoms with Crippen LogP contribution in [0.2, 0.25) is 0 Å². The van der Waals surface area contributed by atoms with Crippen molar-refractivity contribution in [2.75, 3.05) is 31.1 Å². The van der Waals surface area contributed by atoms with E-state index in [1.165, 1.54) is 23.1 Å². The third kappa shape index (κ3) is 3.19. The highest BCUT2D eigenvalue weighted by Gasteiger charge is 2.30. The van der Waals surface area contributed by atoms with Gasteiger partial charge in [-0.15, -0.1) is 0 Å². The van der Waals surface area contributed by atoms with E-state index < -0.39 is 39.5 Å². The van der Waals surface area contributed by atoms with E-state index in [0.717, 1.165) is 18.2 Å². The van der Waals surface area contributed by atoms with Crippen LogP contribution in [0.4, 0.5) is 24.5 Å². The van der Waals surface area contributed by atoms with Crippen molar-refractivity contribution in [3.05, 3.63) is 69.5 Å². The van der Waals surface area contributed by atoms with Gasteiger partial charge in [-0.3, -0.25) is 14.9 Å². The van der Waals surface area contributed by atoms with Gasteiger partial charge in [0.2, 0.25) is 5.82 Å². The number of rotatable bonds is 3. The smallest absolute Gasteiger partial charge is 0.327 e. The summed E-state index contributed by atoms with van der Waals surface area (Å²) in [6, 6.07) is 6.97. The second kappa shape index (κ2) is 7.03. The van der Waals surface area contributed by atoms with Crippen molar-refractivity contribution in [2.45, 2.75) is 0 Å². The molecule has 1 amide bonds. The molecule has 1 fully saturated rings. The van der Waals surface area contributed by atoms with Crippen LogP contribution in [0, 0.1) is 27.6 Å². The Morgan fingerprint density at radius 2 is 1.46 bits per heavy atom. The number of nitrogens with zero attached hydrogens (tertiary/aromatic N) is 3. The average molecular weight is 365 g/mol. The lowest BCUT2D eigenvalue weighted by molar-refractivity contribution is -0.386. The number of hydrogen-bond acceptors (Lipinski definition) is 4. The predicted molar refractivity (Wildman–Crippen MR) is 87.5 cm³/mol. The Balaban J connectivity index is 1.77. The summed E-state index contributed by atoms with van der Waals surface area (Å²) in [6.07, 6.45) is 0. The molecule has 0 atom stereocenters. The molecule has 0 unspecified atom stereocenters. The first-order chi connectivity index (χ1) is 12.4. The van der Waals surface area contributed by atoms with Gasteiger partial charge < -0.3 is 9.80 Å². The van der Waals surface area contributed by atoms with Crippen molar-refractivity contribution < 1.29 is 22.9 Å². The maximum absolute atomic E-state index is 13.8. The van der Waals surface area contributed by atoms with Gasteiger partial charge >= 0.3 is 5.69 Å². The van der Waals surface area contributed by atoms with E-state index in [1.807, 2.05) is 0 Å². The molecule has 0 spiro atoms. The second-order valence-corrected chi connectivity index (χ2v) is 5.74. The molecule has 2 aromatic rings. The van der Waals surface area contributed by atoms with Gasteiger partial charge in [0.05, 0.1) is 4.92 Å². The Kier molecular flexibility index (Phi) is 4.79. The van der Waals surface area contributed by atoms with E-state index in [0.29, 0.717) is 0 Å². The Labute approximate surface area is 146 Å². The molecule has 26 heavy (non-hydrogen) atoms. The first kappa shape index (κ1) is 17.7. The normalized spacial score (nSPS) is 14.4. The predicted octanol–water partition coefficient (Wildman–Crippen LogP) is 2.97. The van der Waals surface area contributed by atoms with Crippen LogP contribution in [0.15, 0.2) is 36.4 Å². The van der Waals surface area contributed by atoms with Gasteiger partial charge in [-0.25, -0.2) is 8.78 Å². The number of nitro groups is 1. The molecule has 3 rings (SSSR count). The average Bonchev–Trinajstić information content (AvgIpc) is 2.61. The summed E-state index contributed by atoms with van der Waals surface area (Å²) < 4.78 is 41.3. The monoisotopic (exact) mass is 365 g/mol. The number of carbonyl (C=O) groups is 1. The molecule has 1 heterocycles. The summed E-state index contributed by atoms with van der Waals surface area (Å²) in [7, 11) is 0. The Morgan fingerprint density at radius 3 is 2.04 bits per heavy atom. The fourth-order valence-electron chi connectivity index (χ4n) is 2.95. The van der Waals surface area contributed by atoms with Crippen LogP contribution in [0.3, 0.4) is 0 Å². The van der Waals surface area contributed by atoms with Gasteiger partial charge in [0.1, 0.15) is 22.9 Å². The zero-order valence-corrected chi connectivity index (χ0v) is 13.5. The Bertz CT molecular complexity index is 847. The standard InChI is InChI=1S/C17H14F3N3O3/c18-11-3-1-4-12(19)15(11)17(24)22-9-7-21(8-10-22)14-6-2-5-13(20)16(14)23(25)26/h1-6H,7-10H2. The molecule has 1 saturated heterocycles. The van der Waals surface area contributed by atoms with Crippen LogP contribution < -0.4 is 4.90 Å². The number of para-hydroxylation sites is 1. The lowest BCUT2D eigenvalue weighted by Crippen LogP contribution is -2.49. The Hall–Kier alpha value is -3.10. The van der Waals surface area contributed by atoms with Gasteiger partial charge in [-0.1, -0.05) is 12.1 Å². The van der Waals surface area contributed by atoms with Crippen molar-refractivity contribution in [1.82, 2.24) is 4.90 Å². The van der Waals surface area contributed by atoms with Crippen molar-refractivity contribution >= 4 is 17.3 Å². The highest BCUT2D eigenvalue weighted by molar-refractivity contribution is 5.95. The van der Waals surface area contributed by atoms with Crippen LogP contribution in [-0.2, 0) is 0 Å². The quantitative estimate of drug-likeness (QED) is 0.620. The molecular weight excluding hydrogens is 351 g/mol. The number of carbonyl (C=O) groups excluding carboxylic acids is 1. The van der Waals surface area contributed by atoms with Crippen molar-refractivity contribution in [2.24, 2.45) is 0 Å². The van der Waals surface area contributed by atoms with Crippen molar-refractivity contribution in [3.63, 3.8) is 0 Å². The van der Waals surface area contributed by atoms with Crippen molar-refractivity contribution in [1.29, 1.82) is 0 Å². The summed E-state index contributed by atoms with van der Waals surface area (Å²) in [5, 5.41) is 11.1. The maximum Gasteiger partial charge on any atom is 0.327 e. The highest BCUT2D eigenvalue weighted by Crippen LogP contribution is 2.31. The molecule has 1 aliphatic heterocycles. The molecule has 0 saturated carbocycles. The fraction of sp³-hybridized carbons (Fsp3) is 0.235. The van der Waals surface area contributed by atoms with Gasteiger partial charge in [-0.2, -0.15) is 4.39 Å². The zero-order valence-electron chi connectivity index (χ0n) is 13.5. The number of nitro benzene ring substituents is 1. The number of amides is 1. The summed E-state index contributed by atoms with van der Waals surface area (Å²) >= 11 is 0. The molecule has 9 heteroatoms. The molecule has 1 aliphatic rings. The van der Waals surface area contributed by atoms with Gasteiger partial charge in [0.25, 0.3) is 5.91 Å². The van der Waals surface area contributed by atoms with Crippen LogP contribution in [0.25, 0.3) is 0 Å². The van der Waals surface area contributed by atoms with Gasteiger partial charge in [0.15, 0.2) is 0 Å². The van der Waals surface area contributed by atoms with Crippen LogP contribution in [-0.4, -0.2) is 41.9 Å². The lowest BCUT2D eigenvalue weighted by atomic mass is 10.1. The molecule has 0 bridgehead atoms. The number of halogens is 3. The number of piperazine rings is 1. The first-order valence-electron chi connectivity index (χ1n) is 7.81. The molecule has 0 aliphatic carbocycles. The maximum atomic E-state index is 13.8. The third-order valence-electron chi connectivity index (χ3n) is 4.23. The van der Waals surface area contributed by atoms with E-state index in [1.54, 1.807) is 4.90 Å². The molecule has 0 radical (unpaired) electrons. The SMILES string of the molecule is O=C(c1c(F)cccc1F)N1CCN(c2cccc(F)c2[N+](=O)[O-])CC1. The minimum absolute atomic E-state index is 0.0975. The summed E-state index contributed by atoms with van der Waals surface area (Å²) in [6.45, 7) is 0.540. The van der Waals surface area contributed by atoms with Gasteiger partial charge in [-0.05, 0) is 24.3 Å². The number of benzene rings is 2. The largest absolute Gasteiger partial charge is 0.362 e. The first-order valence-corrected chi connectivity index (χ1v) is 7.81. The minimum atomic E-state index is -0.946. The molecule has 136 valence electrons. The fourth-order valence-corrected chi connectivity index (χ4v) is 2.95. The molecule has 0 N–H and O–H groups in total. The van der Waals surface area contributed by atoms with E-state index in [4.69, 9.17) is 0 Å². The van der Waals surface area contributed by atoms with Crippen LogP contribution in [0.5, 0.6) is 0 Å². The summed E-state index contributed by atoms with van der Waals surface area (Å²) in [5.74, 6) is -3.62. The van der Waals surface area contributed by atoms with E-state index in [9.17, 15) is 28.1 Å². The van der Waals surface area contributed by atoms with Crippen molar-refractivity contribution in [3.8, 4) is 0 Å². The number of hydrogen-bond donors (Lipinski definition) is 0. The molecule has 2 aromatic carbocycles. The molecule has 0 aromatic heterocycles. The Morgan fingerprint density at radius 1 is 0.923 bits per heavy atom. The zero-order chi connectivity index (χ0) is 18.8. The molecule has 6 nitrogen and oxygen atoms in total. The summed E-state index contributed by atoms with van der Waals surface area (Å²) in [4.78, 5) is 25.5. The van der Waals surface area contributed by atoms with Gasteiger partial charge in [0, 0.05) is 26.2 Å². The minimum Gasteiger partial charge on any atom is -0.362 e. The van der Waals surface area contributed by atoms with E-state index >= 15 is 0 Å². The molecular formula is C17H14F3N3O3. The number of anilines is 1. The van der Waals surface area contributed by atoms with Crippen LogP contribution in [0.1, 0.15) is 10.4 Å². The lowest BCUT2D eigenvalue weighted by Gasteiger charge is -2.35. The second-order valence-electron chi connectivity index (χ2n) is 5.74. The van der Waals surface area contributed by atoms with E-state index in [-0.39, 0.29) is 31.9 Å².